The smallest absolute Gasteiger partial charge is 0.253 e. The van der Waals surface area contributed by atoms with Crippen molar-refractivity contribution in [2.75, 3.05) is 26.2 Å². The summed E-state index contributed by atoms with van der Waals surface area (Å²) in [5.41, 5.74) is 2.57. The third kappa shape index (κ3) is 5.27. The summed E-state index contributed by atoms with van der Waals surface area (Å²) in [6.07, 6.45) is 1.48. The monoisotopic (exact) mass is 478 g/mol. The molecule has 32 heavy (non-hydrogen) atoms. The first-order chi connectivity index (χ1) is 15.2. The van der Waals surface area contributed by atoms with Gasteiger partial charge in [-0.3, -0.25) is 4.79 Å². The zero-order chi connectivity index (χ0) is 23.5. The number of benzene rings is 2. The molecule has 0 radical (unpaired) electrons. The van der Waals surface area contributed by atoms with Crippen LogP contribution in [0.3, 0.4) is 0 Å². The maximum absolute atomic E-state index is 13.1. The van der Waals surface area contributed by atoms with Crippen molar-refractivity contribution in [3.8, 4) is 5.75 Å². The lowest BCUT2D eigenvalue weighted by Crippen LogP contribution is -2.42. The maximum Gasteiger partial charge on any atom is 0.253 e. The minimum atomic E-state index is -3.76. The van der Waals surface area contributed by atoms with Gasteiger partial charge in [0.25, 0.3) is 5.91 Å². The molecule has 8 heteroatoms. The number of likely N-dealkylation sites (tertiary alicyclic amines) is 1. The van der Waals surface area contributed by atoms with Gasteiger partial charge in [-0.1, -0.05) is 37.6 Å². The van der Waals surface area contributed by atoms with E-state index < -0.39 is 10.0 Å². The van der Waals surface area contributed by atoms with Crippen molar-refractivity contribution in [3.05, 3.63) is 58.1 Å². The predicted octanol–water partition coefficient (Wildman–Crippen LogP) is 4.67. The van der Waals surface area contributed by atoms with Gasteiger partial charge in [0.1, 0.15) is 16.7 Å². The molecule has 1 aliphatic rings. The number of rotatable bonds is 7. The van der Waals surface area contributed by atoms with Gasteiger partial charge in [0.05, 0.1) is 5.02 Å². The van der Waals surface area contributed by atoms with Gasteiger partial charge in [-0.25, -0.2) is 8.42 Å². The molecule has 1 heterocycles. The summed E-state index contributed by atoms with van der Waals surface area (Å²) < 4.78 is 33.4. The molecule has 1 saturated heterocycles. The van der Waals surface area contributed by atoms with E-state index in [9.17, 15) is 13.2 Å². The normalized spacial score (nSPS) is 15.2. The molecule has 0 aromatic heterocycles. The fraction of sp³-hybridized carbons (Fsp3) is 0.458. The van der Waals surface area contributed by atoms with Crippen LogP contribution in [-0.2, 0) is 10.0 Å². The number of amides is 1. The van der Waals surface area contributed by atoms with Crippen molar-refractivity contribution in [1.29, 1.82) is 0 Å². The number of aryl methyl sites for hydroxylation is 2. The summed E-state index contributed by atoms with van der Waals surface area (Å²) in [4.78, 5) is 14.8. The van der Waals surface area contributed by atoms with Crippen molar-refractivity contribution in [3.63, 3.8) is 0 Å². The lowest BCUT2D eigenvalue weighted by atomic mass is 10.1. The molecule has 6 nitrogen and oxygen atoms in total. The van der Waals surface area contributed by atoms with Gasteiger partial charge in [-0.05, 0) is 49.2 Å². The highest BCUT2D eigenvalue weighted by atomic mass is 35.5. The van der Waals surface area contributed by atoms with E-state index in [0.717, 1.165) is 29.7 Å². The van der Waals surface area contributed by atoms with Crippen molar-refractivity contribution in [1.82, 2.24) is 9.21 Å². The van der Waals surface area contributed by atoms with Gasteiger partial charge in [-0.15, -0.1) is 0 Å². The maximum atomic E-state index is 13.1. The highest BCUT2D eigenvalue weighted by Crippen LogP contribution is 2.28. The first-order valence-corrected chi connectivity index (χ1v) is 12.8. The van der Waals surface area contributed by atoms with E-state index in [2.05, 4.69) is 6.07 Å². The van der Waals surface area contributed by atoms with Gasteiger partial charge < -0.3 is 9.64 Å². The SMILES string of the molecule is CCN(CC)S(=O)(=O)c1cc(C(=O)N2CCC(Oc3cc(C)ccc3C)CC2)ccc1Cl. The van der Waals surface area contributed by atoms with Crippen LogP contribution < -0.4 is 4.74 Å². The zero-order valence-corrected chi connectivity index (χ0v) is 20.7. The van der Waals surface area contributed by atoms with Crippen LogP contribution >= 0.6 is 11.6 Å². The van der Waals surface area contributed by atoms with Crippen LogP contribution in [0.25, 0.3) is 0 Å². The molecule has 0 bridgehead atoms. The Balaban J connectivity index is 1.71. The lowest BCUT2D eigenvalue weighted by Gasteiger charge is -2.32. The molecule has 3 rings (SSSR count). The van der Waals surface area contributed by atoms with E-state index in [-0.39, 0.29) is 21.9 Å². The van der Waals surface area contributed by atoms with Crippen molar-refractivity contribution < 1.29 is 17.9 Å². The molecule has 1 aliphatic heterocycles. The van der Waals surface area contributed by atoms with E-state index >= 15 is 0 Å². The number of carbonyl (C=O) groups is 1. The summed E-state index contributed by atoms with van der Waals surface area (Å²) in [5, 5.41) is 0.120. The largest absolute Gasteiger partial charge is 0.490 e. The van der Waals surface area contributed by atoms with E-state index in [1.165, 1.54) is 16.4 Å². The molecule has 174 valence electrons. The third-order valence-corrected chi connectivity index (χ3v) is 8.40. The topological polar surface area (TPSA) is 66.9 Å². The fourth-order valence-electron chi connectivity index (χ4n) is 3.91. The van der Waals surface area contributed by atoms with E-state index in [4.69, 9.17) is 16.3 Å². The van der Waals surface area contributed by atoms with Crippen LogP contribution in [0.15, 0.2) is 41.3 Å². The second-order valence-corrected chi connectivity index (χ2v) is 10.4. The molecule has 0 atom stereocenters. The molecule has 0 N–H and O–H groups in total. The first kappa shape index (κ1) is 24.6. The van der Waals surface area contributed by atoms with Gasteiger partial charge in [-0.2, -0.15) is 4.31 Å². The quantitative estimate of drug-likeness (QED) is 0.580. The number of ether oxygens (including phenoxy) is 1. The third-order valence-electron chi connectivity index (χ3n) is 5.87. The molecule has 1 fully saturated rings. The lowest BCUT2D eigenvalue weighted by molar-refractivity contribution is 0.0594. The molecule has 0 aliphatic carbocycles. The van der Waals surface area contributed by atoms with E-state index in [1.807, 2.05) is 26.0 Å². The van der Waals surface area contributed by atoms with Crippen LogP contribution in [0, 0.1) is 13.8 Å². The molecular formula is C24H31ClN2O4S. The highest BCUT2D eigenvalue weighted by molar-refractivity contribution is 7.89. The highest BCUT2D eigenvalue weighted by Gasteiger charge is 2.28. The van der Waals surface area contributed by atoms with E-state index in [1.54, 1.807) is 24.8 Å². The molecule has 0 unspecified atom stereocenters. The summed E-state index contributed by atoms with van der Waals surface area (Å²) in [5.74, 6) is 0.696. The summed E-state index contributed by atoms with van der Waals surface area (Å²) in [6.45, 7) is 9.38. The number of sulfonamides is 1. The Bertz CT molecular complexity index is 1080. The number of halogens is 1. The van der Waals surface area contributed by atoms with Crippen molar-refractivity contribution >= 4 is 27.5 Å². The van der Waals surface area contributed by atoms with Gasteiger partial charge in [0.2, 0.25) is 10.0 Å². The fourth-order valence-corrected chi connectivity index (χ4v) is 5.87. The van der Waals surface area contributed by atoms with Crippen LogP contribution in [0.4, 0.5) is 0 Å². The summed E-state index contributed by atoms with van der Waals surface area (Å²) in [7, 11) is -3.76. The standard InChI is InChI=1S/C24H31ClN2O4S/c1-5-27(6-2)32(29,30)23-16-19(9-10-21(23)25)24(28)26-13-11-20(12-14-26)31-22-15-17(3)7-8-18(22)4/h7-10,15-16,20H,5-6,11-14H2,1-4H3. The van der Waals surface area contributed by atoms with Gasteiger partial charge in [0.15, 0.2) is 0 Å². The van der Waals surface area contributed by atoms with Crippen LogP contribution in [0.1, 0.15) is 48.2 Å². The molecule has 2 aromatic carbocycles. The Morgan fingerprint density at radius 1 is 1.09 bits per heavy atom. The van der Waals surface area contributed by atoms with Crippen LogP contribution in [0.2, 0.25) is 5.02 Å². The number of nitrogens with zero attached hydrogens (tertiary/aromatic N) is 2. The minimum Gasteiger partial charge on any atom is -0.490 e. The molecule has 2 aromatic rings. The average molecular weight is 479 g/mol. The predicted molar refractivity (Wildman–Crippen MR) is 127 cm³/mol. The average Bonchev–Trinajstić information content (AvgIpc) is 2.77. The summed E-state index contributed by atoms with van der Waals surface area (Å²) in [6, 6.07) is 10.6. The Hall–Kier alpha value is -2.09. The van der Waals surface area contributed by atoms with Crippen molar-refractivity contribution in [2.45, 2.75) is 51.5 Å². The number of hydrogen-bond donors (Lipinski definition) is 0. The number of piperidine rings is 1. The summed E-state index contributed by atoms with van der Waals surface area (Å²) >= 11 is 6.20. The zero-order valence-electron chi connectivity index (χ0n) is 19.1. The molecular weight excluding hydrogens is 448 g/mol. The number of hydrogen-bond acceptors (Lipinski definition) is 4. The molecule has 0 saturated carbocycles. The Kier molecular flexibility index (Phi) is 7.85. The van der Waals surface area contributed by atoms with E-state index in [0.29, 0.717) is 31.7 Å². The molecule has 1 amide bonds. The van der Waals surface area contributed by atoms with Crippen LogP contribution in [-0.4, -0.2) is 55.8 Å². The Labute approximate surface area is 196 Å². The Morgan fingerprint density at radius 2 is 1.75 bits per heavy atom. The number of carbonyl (C=O) groups excluding carboxylic acids is 1. The second kappa shape index (κ2) is 10.2. The van der Waals surface area contributed by atoms with Gasteiger partial charge >= 0.3 is 0 Å². The Morgan fingerprint density at radius 3 is 2.38 bits per heavy atom. The second-order valence-electron chi connectivity index (χ2n) is 8.11. The van der Waals surface area contributed by atoms with Gasteiger partial charge in [0, 0.05) is 44.6 Å². The molecule has 0 spiro atoms. The van der Waals surface area contributed by atoms with Crippen LogP contribution in [0.5, 0.6) is 5.75 Å². The first-order valence-electron chi connectivity index (χ1n) is 11.0. The minimum absolute atomic E-state index is 0.0261. The van der Waals surface area contributed by atoms with Crippen molar-refractivity contribution in [2.24, 2.45) is 0 Å².